The predicted molar refractivity (Wildman–Crippen MR) is 78.0 cm³/mol. The highest BCUT2D eigenvalue weighted by molar-refractivity contribution is 7.99. The van der Waals surface area contributed by atoms with Crippen molar-refractivity contribution >= 4 is 17.7 Å². The highest BCUT2D eigenvalue weighted by atomic mass is 32.2. The first-order valence-electron chi connectivity index (χ1n) is 6.35. The quantitative estimate of drug-likeness (QED) is 0.559. The van der Waals surface area contributed by atoms with E-state index in [1.807, 2.05) is 30.3 Å². The Bertz CT molecular complexity index is 386. The summed E-state index contributed by atoms with van der Waals surface area (Å²) in [5.74, 6) is 0.948. The number of benzene rings is 1. The van der Waals surface area contributed by atoms with Gasteiger partial charge >= 0.3 is 5.97 Å². The number of carbonyl (C=O) groups excluding carboxylic acids is 1. The molecule has 1 aromatic carbocycles. The molecule has 0 aliphatic carbocycles. The van der Waals surface area contributed by atoms with Gasteiger partial charge in [-0.25, -0.2) is 4.79 Å². The van der Waals surface area contributed by atoms with E-state index in [-0.39, 0.29) is 6.61 Å². The van der Waals surface area contributed by atoms with Crippen molar-refractivity contribution in [3.63, 3.8) is 0 Å². The zero-order valence-corrected chi connectivity index (χ0v) is 12.0. The Morgan fingerprint density at radius 3 is 2.63 bits per heavy atom. The van der Waals surface area contributed by atoms with Crippen molar-refractivity contribution in [1.29, 1.82) is 0 Å². The van der Waals surface area contributed by atoms with E-state index in [4.69, 9.17) is 15.6 Å². The number of aliphatic hydroxyl groups is 1. The van der Waals surface area contributed by atoms with Crippen LogP contribution in [0.15, 0.2) is 30.3 Å². The standard InChI is InChI=1S/C14H21NO3S/c1-2-18-13(17)14(15,8-10-19-11-9-16)12-6-4-3-5-7-12/h3-7,16H,2,8-11,15H2,1H3. The van der Waals surface area contributed by atoms with E-state index in [0.717, 1.165) is 5.56 Å². The summed E-state index contributed by atoms with van der Waals surface area (Å²) in [6, 6.07) is 9.28. The molecule has 0 fully saturated rings. The lowest BCUT2D eigenvalue weighted by atomic mass is 9.88. The van der Waals surface area contributed by atoms with Gasteiger partial charge in [0.05, 0.1) is 13.2 Å². The van der Waals surface area contributed by atoms with Gasteiger partial charge in [-0.3, -0.25) is 0 Å². The van der Waals surface area contributed by atoms with Crippen LogP contribution in [0.1, 0.15) is 18.9 Å². The van der Waals surface area contributed by atoms with E-state index >= 15 is 0 Å². The summed E-state index contributed by atoms with van der Waals surface area (Å²) >= 11 is 1.57. The van der Waals surface area contributed by atoms with Crippen LogP contribution in [0.25, 0.3) is 0 Å². The number of thioether (sulfide) groups is 1. The molecule has 0 heterocycles. The normalized spacial score (nSPS) is 13.8. The first-order chi connectivity index (χ1) is 9.15. The van der Waals surface area contributed by atoms with Gasteiger partial charge in [-0.2, -0.15) is 11.8 Å². The minimum absolute atomic E-state index is 0.132. The highest BCUT2D eigenvalue weighted by Gasteiger charge is 2.36. The molecule has 1 rings (SSSR count). The molecule has 106 valence electrons. The third kappa shape index (κ3) is 4.53. The Hall–Kier alpha value is -1.04. The maximum Gasteiger partial charge on any atom is 0.330 e. The Morgan fingerprint density at radius 2 is 2.05 bits per heavy atom. The summed E-state index contributed by atoms with van der Waals surface area (Å²) in [5, 5.41) is 8.76. The van der Waals surface area contributed by atoms with Crippen LogP contribution in [0.2, 0.25) is 0 Å². The van der Waals surface area contributed by atoms with Gasteiger partial charge in [0.25, 0.3) is 0 Å². The number of aliphatic hydroxyl groups excluding tert-OH is 1. The molecular weight excluding hydrogens is 262 g/mol. The first-order valence-corrected chi connectivity index (χ1v) is 7.51. The Morgan fingerprint density at radius 1 is 1.37 bits per heavy atom. The minimum Gasteiger partial charge on any atom is -0.464 e. The monoisotopic (exact) mass is 283 g/mol. The van der Waals surface area contributed by atoms with Gasteiger partial charge in [0.15, 0.2) is 0 Å². The smallest absolute Gasteiger partial charge is 0.330 e. The molecule has 19 heavy (non-hydrogen) atoms. The van der Waals surface area contributed by atoms with Crippen LogP contribution in [0.3, 0.4) is 0 Å². The second-order valence-corrected chi connectivity index (χ2v) is 5.37. The van der Waals surface area contributed by atoms with Gasteiger partial charge in [0.1, 0.15) is 5.54 Å². The Balaban J connectivity index is 2.81. The average Bonchev–Trinajstić information content (AvgIpc) is 2.44. The van der Waals surface area contributed by atoms with Gasteiger partial charge in [-0.1, -0.05) is 30.3 Å². The van der Waals surface area contributed by atoms with Gasteiger partial charge in [-0.15, -0.1) is 0 Å². The fraction of sp³-hybridized carbons (Fsp3) is 0.500. The number of rotatable bonds is 8. The first kappa shape index (κ1) is 16.0. The molecular formula is C14H21NO3S. The number of carbonyl (C=O) groups is 1. The molecule has 4 nitrogen and oxygen atoms in total. The second kappa shape index (κ2) is 8.19. The topological polar surface area (TPSA) is 72.5 Å². The van der Waals surface area contributed by atoms with Crippen molar-refractivity contribution in [3.8, 4) is 0 Å². The summed E-state index contributed by atoms with van der Waals surface area (Å²) in [4.78, 5) is 12.1. The molecule has 0 spiro atoms. The molecule has 0 aliphatic rings. The Kier molecular flexibility index (Phi) is 6.91. The van der Waals surface area contributed by atoms with E-state index in [1.165, 1.54) is 0 Å². The van der Waals surface area contributed by atoms with E-state index in [1.54, 1.807) is 18.7 Å². The summed E-state index contributed by atoms with van der Waals surface area (Å²) in [6.07, 6.45) is 0.487. The molecule has 3 N–H and O–H groups in total. The molecule has 1 aromatic rings. The lowest BCUT2D eigenvalue weighted by Gasteiger charge is -2.27. The fourth-order valence-corrected chi connectivity index (χ4v) is 2.56. The highest BCUT2D eigenvalue weighted by Crippen LogP contribution is 2.25. The van der Waals surface area contributed by atoms with Crippen LogP contribution in [-0.2, 0) is 15.1 Å². The molecule has 1 unspecified atom stereocenters. The van der Waals surface area contributed by atoms with Gasteiger partial charge in [0, 0.05) is 5.75 Å². The van der Waals surface area contributed by atoms with Crippen LogP contribution in [0.5, 0.6) is 0 Å². The number of hydrogen-bond acceptors (Lipinski definition) is 5. The molecule has 0 amide bonds. The molecule has 1 atom stereocenters. The number of hydrogen-bond donors (Lipinski definition) is 2. The maximum absolute atomic E-state index is 12.1. The van der Waals surface area contributed by atoms with Crippen molar-refractivity contribution in [1.82, 2.24) is 0 Å². The minimum atomic E-state index is -1.11. The third-order valence-corrected chi connectivity index (χ3v) is 3.77. The average molecular weight is 283 g/mol. The third-order valence-electron chi connectivity index (χ3n) is 2.80. The van der Waals surface area contributed by atoms with Crippen molar-refractivity contribution in [3.05, 3.63) is 35.9 Å². The number of ether oxygens (including phenoxy) is 1. The number of esters is 1. The van der Waals surface area contributed by atoms with E-state index in [2.05, 4.69) is 0 Å². The van der Waals surface area contributed by atoms with Crippen LogP contribution in [0.4, 0.5) is 0 Å². The predicted octanol–water partition coefficient (Wildman–Crippen LogP) is 1.52. The second-order valence-electron chi connectivity index (χ2n) is 4.14. The van der Waals surface area contributed by atoms with Crippen molar-refractivity contribution in [2.75, 3.05) is 24.7 Å². The van der Waals surface area contributed by atoms with E-state index in [0.29, 0.717) is 24.5 Å². The largest absolute Gasteiger partial charge is 0.464 e. The SMILES string of the molecule is CCOC(=O)C(N)(CCSCCO)c1ccccc1. The number of nitrogens with two attached hydrogens (primary N) is 1. The zero-order chi connectivity index (χ0) is 14.1. The lowest BCUT2D eigenvalue weighted by Crippen LogP contribution is -2.46. The summed E-state index contributed by atoms with van der Waals surface area (Å²) in [6.45, 7) is 2.21. The van der Waals surface area contributed by atoms with Crippen LogP contribution in [-0.4, -0.2) is 35.8 Å². The van der Waals surface area contributed by atoms with Crippen LogP contribution < -0.4 is 5.73 Å². The maximum atomic E-state index is 12.1. The summed E-state index contributed by atoms with van der Waals surface area (Å²) in [7, 11) is 0. The molecule has 5 heteroatoms. The summed E-state index contributed by atoms with van der Waals surface area (Å²) < 4.78 is 5.10. The van der Waals surface area contributed by atoms with E-state index in [9.17, 15) is 4.79 Å². The van der Waals surface area contributed by atoms with Crippen molar-refractivity contribution in [2.24, 2.45) is 5.73 Å². The molecule has 0 saturated carbocycles. The fourth-order valence-electron chi connectivity index (χ4n) is 1.76. The van der Waals surface area contributed by atoms with Crippen LogP contribution >= 0.6 is 11.8 Å². The van der Waals surface area contributed by atoms with Gasteiger partial charge in [-0.05, 0) is 24.7 Å². The van der Waals surface area contributed by atoms with Crippen molar-refractivity contribution in [2.45, 2.75) is 18.9 Å². The van der Waals surface area contributed by atoms with Gasteiger partial charge in [0.2, 0.25) is 0 Å². The van der Waals surface area contributed by atoms with E-state index < -0.39 is 11.5 Å². The van der Waals surface area contributed by atoms with Crippen LogP contribution in [0, 0.1) is 0 Å². The lowest BCUT2D eigenvalue weighted by molar-refractivity contribution is -0.150. The van der Waals surface area contributed by atoms with Crippen molar-refractivity contribution < 1.29 is 14.6 Å². The molecule has 0 saturated heterocycles. The van der Waals surface area contributed by atoms with Gasteiger partial charge < -0.3 is 15.6 Å². The molecule has 0 radical (unpaired) electrons. The summed E-state index contributed by atoms with van der Waals surface area (Å²) in [5.41, 5.74) is 5.93. The Labute approximate surface area is 118 Å². The molecule has 0 aromatic heterocycles. The zero-order valence-electron chi connectivity index (χ0n) is 11.2. The molecule has 0 aliphatic heterocycles. The molecule has 0 bridgehead atoms.